The van der Waals surface area contributed by atoms with Gasteiger partial charge in [0, 0.05) is 12.8 Å². The van der Waals surface area contributed by atoms with E-state index < -0.39 is 16.6 Å². The van der Waals surface area contributed by atoms with Crippen LogP contribution in [0.4, 0.5) is 0 Å². The Morgan fingerprint density at radius 3 is 2.22 bits per heavy atom. The molecule has 0 bridgehead atoms. The fraction of sp³-hybridized carbons (Fsp3) is 0.839. The number of fused-ring (bicyclic) bond motifs is 1. The third-order valence-corrected chi connectivity index (χ3v) is 18.5. The number of unbranched alkanes of at least 4 members (excludes halogenated alkanes) is 2. The van der Waals surface area contributed by atoms with Crippen LogP contribution in [0.1, 0.15) is 93.9 Å². The molecular formula is C31H58O4Si2. The highest BCUT2D eigenvalue weighted by atomic mass is 28.4. The molecule has 4 nitrogen and oxygen atoms in total. The highest BCUT2D eigenvalue weighted by Gasteiger charge is 2.49. The monoisotopic (exact) mass is 550 g/mol. The first-order valence-electron chi connectivity index (χ1n) is 14.7. The number of hydrogen-bond donors (Lipinski definition) is 0. The molecule has 2 rings (SSSR count). The number of rotatable bonds is 12. The molecular weight excluding hydrogens is 493 g/mol. The lowest BCUT2D eigenvalue weighted by molar-refractivity contribution is -0.140. The predicted molar refractivity (Wildman–Crippen MR) is 162 cm³/mol. The summed E-state index contributed by atoms with van der Waals surface area (Å²) in [5.74, 6) is 1.17. The van der Waals surface area contributed by atoms with Gasteiger partial charge >= 0.3 is 5.97 Å². The summed E-state index contributed by atoms with van der Waals surface area (Å²) in [5.41, 5.74) is 1.27. The van der Waals surface area contributed by atoms with E-state index in [1.54, 1.807) is 0 Å². The summed E-state index contributed by atoms with van der Waals surface area (Å²) < 4.78 is 19.4. The molecule has 0 N–H and O–H groups in total. The van der Waals surface area contributed by atoms with Gasteiger partial charge in [-0.2, -0.15) is 0 Å². The number of allylic oxidation sites excluding steroid dienone is 1. The van der Waals surface area contributed by atoms with Gasteiger partial charge in [-0.15, -0.1) is 0 Å². The molecule has 0 unspecified atom stereocenters. The largest absolute Gasteiger partial charge is 0.461 e. The van der Waals surface area contributed by atoms with E-state index in [0.717, 1.165) is 19.3 Å². The van der Waals surface area contributed by atoms with Gasteiger partial charge in [0.2, 0.25) is 0 Å². The van der Waals surface area contributed by atoms with Gasteiger partial charge in [0.15, 0.2) is 16.6 Å². The molecule has 5 atom stereocenters. The van der Waals surface area contributed by atoms with Crippen molar-refractivity contribution in [2.24, 2.45) is 17.8 Å². The van der Waals surface area contributed by atoms with Gasteiger partial charge in [-0.1, -0.05) is 86.0 Å². The third kappa shape index (κ3) is 8.91. The Morgan fingerprint density at radius 2 is 1.68 bits per heavy atom. The maximum atomic E-state index is 11.4. The van der Waals surface area contributed by atoms with Gasteiger partial charge < -0.3 is 13.6 Å². The highest BCUT2D eigenvalue weighted by molar-refractivity contribution is 6.74. The molecule has 2 aliphatic rings. The van der Waals surface area contributed by atoms with E-state index in [1.807, 2.05) is 0 Å². The molecule has 0 aromatic heterocycles. The Labute approximate surface area is 231 Å². The highest BCUT2D eigenvalue weighted by Crippen LogP contribution is 2.51. The van der Waals surface area contributed by atoms with Crippen molar-refractivity contribution >= 4 is 22.6 Å². The van der Waals surface area contributed by atoms with Gasteiger partial charge in [0.05, 0.1) is 12.2 Å². The van der Waals surface area contributed by atoms with Crippen molar-refractivity contribution in [1.82, 2.24) is 0 Å². The van der Waals surface area contributed by atoms with Crippen molar-refractivity contribution in [1.29, 1.82) is 0 Å². The van der Waals surface area contributed by atoms with Gasteiger partial charge in [0.1, 0.15) is 6.61 Å². The lowest BCUT2D eigenvalue weighted by atomic mass is 9.89. The van der Waals surface area contributed by atoms with E-state index in [2.05, 4.69) is 92.9 Å². The van der Waals surface area contributed by atoms with E-state index in [0.29, 0.717) is 24.4 Å². The van der Waals surface area contributed by atoms with Crippen LogP contribution in [0.15, 0.2) is 23.8 Å². The molecule has 0 heterocycles. The summed E-state index contributed by atoms with van der Waals surface area (Å²) in [5, 5.41) is 0.376. The fourth-order valence-electron chi connectivity index (χ4n) is 5.16. The zero-order valence-electron chi connectivity index (χ0n) is 26.2. The van der Waals surface area contributed by atoms with Crippen molar-refractivity contribution in [3.05, 3.63) is 23.8 Å². The van der Waals surface area contributed by atoms with Crippen LogP contribution in [0.25, 0.3) is 0 Å². The maximum Gasteiger partial charge on any atom is 0.302 e. The Morgan fingerprint density at radius 1 is 1.05 bits per heavy atom. The first-order valence-corrected chi connectivity index (χ1v) is 20.6. The number of esters is 1. The molecule has 0 amide bonds. The summed E-state index contributed by atoms with van der Waals surface area (Å²) in [6.07, 6.45) is 14.5. The van der Waals surface area contributed by atoms with Gasteiger partial charge in [0.25, 0.3) is 0 Å². The van der Waals surface area contributed by atoms with Crippen LogP contribution in [0.3, 0.4) is 0 Å². The first-order chi connectivity index (χ1) is 16.9. The summed E-state index contributed by atoms with van der Waals surface area (Å²) in [6.45, 7) is 27.6. The number of hydrogen-bond acceptors (Lipinski definition) is 4. The summed E-state index contributed by atoms with van der Waals surface area (Å²) >= 11 is 0. The van der Waals surface area contributed by atoms with Gasteiger partial charge in [-0.3, -0.25) is 4.79 Å². The Kier molecular flexibility index (Phi) is 11.1. The Balaban J connectivity index is 2.30. The quantitative estimate of drug-likeness (QED) is 0.105. The van der Waals surface area contributed by atoms with Crippen LogP contribution < -0.4 is 0 Å². The Bertz CT molecular complexity index is 816. The smallest absolute Gasteiger partial charge is 0.302 e. The van der Waals surface area contributed by atoms with Crippen LogP contribution in [-0.4, -0.2) is 41.4 Å². The predicted octanol–water partition coefficient (Wildman–Crippen LogP) is 9.05. The molecule has 0 aromatic rings. The second-order valence-corrected chi connectivity index (χ2v) is 24.2. The number of carbonyl (C=O) groups excluding carboxylic acids is 1. The second kappa shape index (κ2) is 12.7. The van der Waals surface area contributed by atoms with Crippen molar-refractivity contribution in [3.63, 3.8) is 0 Å². The maximum absolute atomic E-state index is 11.4. The summed E-state index contributed by atoms with van der Waals surface area (Å²) in [7, 11) is -3.78. The molecule has 0 aliphatic heterocycles. The summed E-state index contributed by atoms with van der Waals surface area (Å²) in [4.78, 5) is 11.4. The SMILES string of the molecule is CCCCC[C@@H](/C=C\[C@H]1[C@H]2CC(COC(C)=O)=C[C@H]2C[C@H]1O[Si](C)(C)C(C)(C)C)O[Si](C)(C)C(C)(C)C. The van der Waals surface area contributed by atoms with Crippen molar-refractivity contribution in [2.75, 3.05) is 6.61 Å². The Hall–Kier alpha value is -0.696. The average molecular weight is 551 g/mol. The molecule has 0 aromatic carbocycles. The second-order valence-electron chi connectivity index (χ2n) is 14.7. The van der Waals surface area contributed by atoms with Gasteiger partial charge in [-0.05, 0) is 72.9 Å². The first kappa shape index (κ1) is 32.5. The van der Waals surface area contributed by atoms with Crippen LogP contribution in [0.2, 0.25) is 36.3 Å². The normalized spacial score (nSPS) is 25.9. The van der Waals surface area contributed by atoms with Crippen molar-refractivity contribution in [2.45, 2.75) is 142 Å². The lowest BCUT2D eigenvalue weighted by Gasteiger charge is -2.40. The molecule has 0 saturated heterocycles. The minimum atomic E-state index is -1.90. The van der Waals surface area contributed by atoms with Crippen molar-refractivity contribution in [3.8, 4) is 0 Å². The molecule has 1 fully saturated rings. The fourth-order valence-corrected chi connectivity index (χ4v) is 7.83. The minimum Gasteiger partial charge on any atom is -0.461 e. The number of carbonyl (C=O) groups is 1. The van der Waals surface area contributed by atoms with Gasteiger partial charge in [-0.25, -0.2) is 0 Å². The minimum absolute atomic E-state index is 0.162. The molecule has 0 spiro atoms. The molecule has 1 saturated carbocycles. The molecule has 37 heavy (non-hydrogen) atoms. The third-order valence-electron chi connectivity index (χ3n) is 9.53. The molecule has 0 radical (unpaired) electrons. The molecule has 6 heteroatoms. The van der Waals surface area contributed by atoms with Crippen LogP contribution >= 0.6 is 0 Å². The van der Waals surface area contributed by atoms with E-state index in [-0.39, 0.29) is 28.3 Å². The van der Waals surface area contributed by atoms with E-state index in [4.69, 9.17) is 13.6 Å². The molecule has 2 aliphatic carbocycles. The van der Waals surface area contributed by atoms with Crippen molar-refractivity contribution < 1.29 is 18.4 Å². The average Bonchev–Trinajstić information content (AvgIpc) is 3.25. The molecule has 214 valence electrons. The topological polar surface area (TPSA) is 44.8 Å². The zero-order chi connectivity index (χ0) is 28.2. The lowest BCUT2D eigenvalue weighted by Crippen LogP contribution is -2.45. The number of ether oxygens (including phenoxy) is 1. The van der Waals surface area contributed by atoms with Crippen LogP contribution in [0.5, 0.6) is 0 Å². The van der Waals surface area contributed by atoms with E-state index in [1.165, 1.54) is 31.8 Å². The van der Waals surface area contributed by atoms with Crippen LogP contribution in [-0.2, 0) is 18.4 Å². The zero-order valence-corrected chi connectivity index (χ0v) is 28.2. The van der Waals surface area contributed by atoms with E-state index in [9.17, 15) is 4.79 Å². The van der Waals surface area contributed by atoms with Crippen LogP contribution in [0, 0.1) is 17.8 Å². The standard InChI is InChI=1S/C31H58O4Si2/c1-13-14-15-16-26(34-36(9,10)30(3,4)5)17-18-27-28-20-24(22-33-23(2)32)19-25(28)21-29(27)35-37(11,12)31(6,7)8/h17-19,25-29H,13-16,20-22H2,1-12H3/b18-17-/t25-,26-,27-,28-,29+/m0/s1. The van der Waals surface area contributed by atoms with E-state index >= 15 is 0 Å². The summed E-state index contributed by atoms with van der Waals surface area (Å²) in [6, 6.07) is 0.